The molecule has 2 rings (SSSR count). The maximum absolute atomic E-state index is 12.8. The molecule has 0 bridgehead atoms. The van der Waals surface area contributed by atoms with Crippen molar-refractivity contribution in [3.8, 4) is 5.75 Å². The highest BCUT2D eigenvalue weighted by atomic mass is 35.5. The number of benzene rings is 1. The van der Waals surface area contributed by atoms with Gasteiger partial charge in [0.15, 0.2) is 0 Å². The molecule has 0 atom stereocenters. The van der Waals surface area contributed by atoms with Crippen LogP contribution < -0.4 is 4.74 Å². The average molecular weight is 262 g/mol. The number of hydrogen-bond acceptors (Lipinski definition) is 2. The van der Waals surface area contributed by atoms with Gasteiger partial charge in [-0.05, 0) is 12.1 Å². The fourth-order valence-electron chi connectivity index (χ4n) is 1.59. The van der Waals surface area contributed by atoms with E-state index in [-0.39, 0.29) is 21.8 Å². The van der Waals surface area contributed by atoms with E-state index in [1.165, 1.54) is 25.3 Å². The second kappa shape index (κ2) is 4.07. The minimum Gasteiger partial charge on any atom is -0.494 e. The number of aromatic nitrogens is 1. The Labute approximate surface area is 100.0 Å². The Hall–Kier alpha value is -1.49. The summed E-state index contributed by atoms with van der Waals surface area (Å²) in [6.45, 7) is 0. The molecule has 17 heavy (non-hydrogen) atoms. The lowest BCUT2D eigenvalue weighted by molar-refractivity contribution is -0.136. The molecule has 0 saturated carbocycles. The molecule has 6 heteroatoms. The van der Waals surface area contributed by atoms with Gasteiger partial charge in [-0.1, -0.05) is 23.7 Å². The van der Waals surface area contributed by atoms with Crippen LogP contribution in [0.5, 0.6) is 5.75 Å². The molecule has 1 aromatic heterocycles. The summed E-state index contributed by atoms with van der Waals surface area (Å²) in [5, 5.41) is -0.240. The van der Waals surface area contributed by atoms with Gasteiger partial charge in [0.05, 0.1) is 12.7 Å². The fourth-order valence-corrected chi connectivity index (χ4v) is 1.78. The van der Waals surface area contributed by atoms with E-state index in [4.69, 9.17) is 16.3 Å². The number of ether oxygens (including phenoxy) is 1. The molecule has 0 unspecified atom stereocenters. The first kappa shape index (κ1) is 12.0. The topological polar surface area (TPSA) is 22.1 Å². The van der Waals surface area contributed by atoms with Crippen LogP contribution in [0.2, 0.25) is 5.15 Å². The zero-order chi connectivity index (χ0) is 12.6. The fraction of sp³-hybridized carbons (Fsp3) is 0.182. The first-order valence-corrected chi connectivity index (χ1v) is 5.01. The van der Waals surface area contributed by atoms with Crippen LogP contribution in [-0.2, 0) is 6.18 Å². The summed E-state index contributed by atoms with van der Waals surface area (Å²) in [5.41, 5.74) is -0.707. The summed E-state index contributed by atoms with van der Waals surface area (Å²) < 4.78 is 43.4. The molecule has 0 aliphatic carbocycles. The van der Waals surface area contributed by atoms with E-state index < -0.39 is 11.7 Å². The summed E-state index contributed by atoms with van der Waals surface area (Å²) in [4.78, 5) is 3.86. The highest BCUT2D eigenvalue weighted by Crippen LogP contribution is 2.37. The zero-order valence-electron chi connectivity index (χ0n) is 8.68. The van der Waals surface area contributed by atoms with Crippen molar-refractivity contribution in [1.29, 1.82) is 0 Å². The van der Waals surface area contributed by atoms with Crippen molar-refractivity contribution in [2.24, 2.45) is 0 Å². The number of hydrogen-bond donors (Lipinski definition) is 0. The first-order chi connectivity index (χ1) is 7.93. The van der Waals surface area contributed by atoms with E-state index in [0.717, 1.165) is 6.07 Å². The van der Waals surface area contributed by atoms with E-state index in [1.54, 1.807) is 0 Å². The highest BCUT2D eigenvalue weighted by Gasteiger charge is 2.33. The smallest absolute Gasteiger partial charge is 0.417 e. The normalized spacial score (nSPS) is 11.8. The lowest BCUT2D eigenvalue weighted by atomic mass is 10.1. The summed E-state index contributed by atoms with van der Waals surface area (Å²) in [7, 11) is 1.37. The third-order valence-electron chi connectivity index (χ3n) is 2.30. The van der Waals surface area contributed by atoms with Gasteiger partial charge in [0.2, 0.25) is 0 Å². The summed E-state index contributed by atoms with van der Waals surface area (Å²) in [5.74, 6) is 0.260. The molecule has 0 fully saturated rings. The number of rotatable bonds is 1. The quantitative estimate of drug-likeness (QED) is 0.726. The second-order valence-corrected chi connectivity index (χ2v) is 3.73. The van der Waals surface area contributed by atoms with E-state index in [2.05, 4.69) is 4.98 Å². The van der Waals surface area contributed by atoms with Crippen molar-refractivity contribution >= 4 is 22.5 Å². The molecule has 0 radical (unpaired) electrons. The predicted molar refractivity (Wildman–Crippen MR) is 58.3 cm³/mol. The first-order valence-electron chi connectivity index (χ1n) is 4.64. The molecular formula is C11H7ClF3NO. The van der Waals surface area contributed by atoms with Crippen molar-refractivity contribution in [2.75, 3.05) is 7.11 Å². The van der Waals surface area contributed by atoms with E-state index >= 15 is 0 Å². The summed E-state index contributed by atoms with van der Waals surface area (Å²) in [6.07, 6.45) is -4.48. The molecule has 0 amide bonds. The molecule has 0 spiro atoms. The van der Waals surface area contributed by atoms with Gasteiger partial charge in [0.1, 0.15) is 16.4 Å². The molecule has 1 heterocycles. The number of methoxy groups -OCH3 is 1. The van der Waals surface area contributed by atoms with Crippen LogP contribution in [-0.4, -0.2) is 12.1 Å². The molecule has 0 aliphatic heterocycles. The Morgan fingerprint density at radius 1 is 1.29 bits per heavy atom. The van der Waals surface area contributed by atoms with Crippen LogP contribution >= 0.6 is 11.6 Å². The van der Waals surface area contributed by atoms with Crippen molar-refractivity contribution in [1.82, 2.24) is 4.98 Å². The van der Waals surface area contributed by atoms with Gasteiger partial charge in [-0.25, -0.2) is 4.98 Å². The molecule has 0 saturated heterocycles. The molecule has 90 valence electrons. The Morgan fingerprint density at radius 2 is 2.00 bits per heavy atom. The largest absolute Gasteiger partial charge is 0.494 e. The monoisotopic (exact) mass is 261 g/mol. The Bertz CT molecular complexity index is 568. The van der Waals surface area contributed by atoms with Crippen LogP contribution in [0.4, 0.5) is 13.2 Å². The van der Waals surface area contributed by atoms with Gasteiger partial charge < -0.3 is 4.74 Å². The van der Waals surface area contributed by atoms with Gasteiger partial charge >= 0.3 is 6.18 Å². The number of halogens is 4. The third-order valence-corrected chi connectivity index (χ3v) is 2.49. The maximum Gasteiger partial charge on any atom is 0.417 e. The second-order valence-electron chi connectivity index (χ2n) is 3.35. The van der Waals surface area contributed by atoms with E-state index in [1.807, 2.05) is 0 Å². The summed E-state index contributed by atoms with van der Waals surface area (Å²) >= 11 is 5.59. The molecule has 1 aromatic carbocycles. The maximum atomic E-state index is 12.8. The van der Waals surface area contributed by atoms with Crippen LogP contribution in [0.15, 0.2) is 24.3 Å². The van der Waals surface area contributed by atoms with Gasteiger partial charge in [0, 0.05) is 5.39 Å². The molecule has 0 aliphatic rings. The zero-order valence-corrected chi connectivity index (χ0v) is 9.43. The lowest BCUT2D eigenvalue weighted by Gasteiger charge is -2.12. The molecule has 2 aromatic rings. The number of pyridine rings is 1. The minimum absolute atomic E-state index is 0.0266. The van der Waals surface area contributed by atoms with Crippen LogP contribution in [0, 0.1) is 0 Å². The SMILES string of the molecule is COc1cccc2c(C(F)(F)F)cc(Cl)nc12. The Kier molecular flexibility index (Phi) is 2.87. The molecule has 2 nitrogen and oxygen atoms in total. The number of alkyl halides is 3. The van der Waals surface area contributed by atoms with E-state index in [9.17, 15) is 13.2 Å². The highest BCUT2D eigenvalue weighted by molar-refractivity contribution is 6.30. The van der Waals surface area contributed by atoms with Crippen LogP contribution in [0.3, 0.4) is 0 Å². The predicted octanol–water partition coefficient (Wildman–Crippen LogP) is 3.92. The van der Waals surface area contributed by atoms with Gasteiger partial charge in [-0.15, -0.1) is 0 Å². The number of nitrogens with zero attached hydrogens (tertiary/aromatic N) is 1. The standard InChI is InChI=1S/C11H7ClF3NO/c1-17-8-4-2-3-6-7(11(13,14)15)5-9(12)16-10(6)8/h2-5H,1H3. The number of para-hydroxylation sites is 1. The van der Waals surface area contributed by atoms with Crippen molar-refractivity contribution in [3.63, 3.8) is 0 Å². The number of fused-ring (bicyclic) bond motifs is 1. The Morgan fingerprint density at radius 3 is 2.59 bits per heavy atom. The van der Waals surface area contributed by atoms with Gasteiger partial charge in [-0.2, -0.15) is 13.2 Å². The van der Waals surface area contributed by atoms with Crippen LogP contribution in [0.1, 0.15) is 5.56 Å². The lowest BCUT2D eigenvalue weighted by Crippen LogP contribution is -2.06. The van der Waals surface area contributed by atoms with Gasteiger partial charge in [0.25, 0.3) is 0 Å². The minimum atomic E-state index is -4.48. The summed E-state index contributed by atoms with van der Waals surface area (Å²) in [6, 6.07) is 5.16. The van der Waals surface area contributed by atoms with E-state index in [0.29, 0.717) is 0 Å². The van der Waals surface area contributed by atoms with Gasteiger partial charge in [-0.3, -0.25) is 0 Å². The van der Waals surface area contributed by atoms with Crippen molar-refractivity contribution in [3.05, 3.63) is 35.0 Å². The Balaban J connectivity index is 2.86. The van der Waals surface area contributed by atoms with Crippen molar-refractivity contribution in [2.45, 2.75) is 6.18 Å². The molecular weight excluding hydrogens is 255 g/mol. The van der Waals surface area contributed by atoms with Crippen LogP contribution in [0.25, 0.3) is 10.9 Å². The third kappa shape index (κ3) is 2.15. The molecule has 0 N–H and O–H groups in total. The average Bonchev–Trinajstić information content (AvgIpc) is 2.26. The van der Waals surface area contributed by atoms with Crippen molar-refractivity contribution < 1.29 is 17.9 Å².